The van der Waals surface area contributed by atoms with E-state index in [9.17, 15) is 0 Å². The molecule has 1 atom stereocenters. The summed E-state index contributed by atoms with van der Waals surface area (Å²) in [5.74, 6) is 2.88. The summed E-state index contributed by atoms with van der Waals surface area (Å²) in [6.07, 6.45) is 6.72. The van der Waals surface area contributed by atoms with Gasteiger partial charge in [0, 0.05) is 32.3 Å². The van der Waals surface area contributed by atoms with E-state index in [0.717, 1.165) is 43.1 Å². The summed E-state index contributed by atoms with van der Waals surface area (Å²) in [6.45, 7) is 1.92. The Morgan fingerprint density at radius 2 is 2.18 bits per heavy atom. The van der Waals surface area contributed by atoms with Crippen LogP contribution in [0.4, 0.5) is 5.82 Å². The summed E-state index contributed by atoms with van der Waals surface area (Å²) >= 11 is 0. The van der Waals surface area contributed by atoms with Gasteiger partial charge < -0.3 is 14.2 Å². The van der Waals surface area contributed by atoms with Gasteiger partial charge in [-0.05, 0) is 37.8 Å². The number of pyridine rings is 1. The maximum absolute atomic E-state index is 5.46. The standard InChI is InChI=1S/C16H20N4O2/c1-21-13-3-2-8-20(10-13)14-7-6-12(9-17-14)16-18-15(19-22-16)11-4-5-11/h6-7,9,11,13H,2-5,8,10H2,1H3/t13-/m0/s1. The molecule has 22 heavy (non-hydrogen) atoms. The first-order chi connectivity index (χ1) is 10.8. The highest BCUT2D eigenvalue weighted by Gasteiger charge is 2.29. The Bertz CT molecular complexity index is 636. The van der Waals surface area contributed by atoms with Crippen LogP contribution < -0.4 is 4.90 Å². The van der Waals surface area contributed by atoms with Gasteiger partial charge in [-0.3, -0.25) is 0 Å². The minimum atomic E-state index is 0.298. The molecule has 1 saturated carbocycles. The lowest BCUT2D eigenvalue weighted by atomic mass is 10.1. The Balaban J connectivity index is 1.49. The molecule has 3 heterocycles. The highest BCUT2D eigenvalue weighted by atomic mass is 16.5. The number of hydrogen-bond acceptors (Lipinski definition) is 6. The molecule has 6 nitrogen and oxygen atoms in total. The van der Waals surface area contributed by atoms with E-state index in [-0.39, 0.29) is 0 Å². The maximum Gasteiger partial charge on any atom is 0.259 e. The number of aromatic nitrogens is 3. The molecule has 0 amide bonds. The first kappa shape index (κ1) is 13.7. The SMILES string of the molecule is CO[C@H]1CCCN(c2ccc(-c3nc(C4CC4)no3)cn2)C1. The minimum Gasteiger partial charge on any atom is -0.380 e. The molecule has 0 radical (unpaired) electrons. The van der Waals surface area contributed by atoms with E-state index < -0.39 is 0 Å². The van der Waals surface area contributed by atoms with Gasteiger partial charge in [-0.2, -0.15) is 4.98 Å². The second kappa shape index (κ2) is 5.68. The van der Waals surface area contributed by atoms with Crippen LogP contribution in [0.5, 0.6) is 0 Å². The van der Waals surface area contributed by atoms with Gasteiger partial charge in [0.05, 0.1) is 11.7 Å². The van der Waals surface area contributed by atoms with Gasteiger partial charge in [-0.15, -0.1) is 0 Å². The van der Waals surface area contributed by atoms with Gasteiger partial charge in [0.15, 0.2) is 5.82 Å². The molecule has 0 bridgehead atoms. The van der Waals surface area contributed by atoms with Crippen LogP contribution in [0.1, 0.15) is 37.4 Å². The molecule has 2 fully saturated rings. The molecule has 116 valence electrons. The van der Waals surface area contributed by atoms with E-state index in [1.807, 2.05) is 18.3 Å². The third kappa shape index (κ3) is 2.70. The van der Waals surface area contributed by atoms with Gasteiger partial charge in [-0.1, -0.05) is 5.16 Å². The fraction of sp³-hybridized carbons (Fsp3) is 0.562. The van der Waals surface area contributed by atoms with Crippen molar-refractivity contribution in [1.82, 2.24) is 15.1 Å². The van der Waals surface area contributed by atoms with Crippen LogP contribution in [-0.2, 0) is 4.74 Å². The summed E-state index contributed by atoms with van der Waals surface area (Å²) in [7, 11) is 1.78. The van der Waals surface area contributed by atoms with Gasteiger partial charge >= 0.3 is 0 Å². The van der Waals surface area contributed by atoms with Gasteiger partial charge in [0.2, 0.25) is 0 Å². The number of anilines is 1. The molecule has 0 spiro atoms. The van der Waals surface area contributed by atoms with E-state index in [0.29, 0.717) is 17.9 Å². The average molecular weight is 300 g/mol. The molecule has 1 aliphatic heterocycles. The number of nitrogens with zero attached hydrogens (tertiary/aromatic N) is 4. The fourth-order valence-corrected chi connectivity index (χ4v) is 2.90. The van der Waals surface area contributed by atoms with E-state index in [1.54, 1.807) is 7.11 Å². The molecular formula is C16H20N4O2. The van der Waals surface area contributed by atoms with Crippen LogP contribution in [0, 0.1) is 0 Å². The van der Waals surface area contributed by atoms with Crippen molar-refractivity contribution >= 4 is 5.82 Å². The summed E-state index contributed by atoms with van der Waals surface area (Å²) in [5, 5.41) is 4.05. The normalized spacial score (nSPS) is 22.0. The summed E-state index contributed by atoms with van der Waals surface area (Å²) in [5.41, 5.74) is 0.878. The summed E-state index contributed by atoms with van der Waals surface area (Å²) < 4.78 is 10.8. The van der Waals surface area contributed by atoms with E-state index in [2.05, 4.69) is 20.0 Å². The largest absolute Gasteiger partial charge is 0.380 e. The smallest absolute Gasteiger partial charge is 0.259 e. The van der Waals surface area contributed by atoms with Crippen molar-refractivity contribution in [2.45, 2.75) is 37.7 Å². The van der Waals surface area contributed by atoms with E-state index in [1.165, 1.54) is 12.8 Å². The molecule has 2 aromatic heterocycles. The highest BCUT2D eigenvalue weighted by molar-refractivity contribution is 5.55. The number of rotatable bonds is 4. The molecule has 1 saturated heterocycles. The minimum absolute atomic E-state index is 0.298. The van der Waals surface area contributed by atoms with Crippen molar-refractivity contribution in [3.8, 4) is 11.5 Å². The second-order valence-corrected chi connectivity index (χ2v) is 6.08. The molecule has 2 aromatic rings. The van der Waals surface area contributed by atoms with Crippen molar-refractivity contribution < 1.29 is 9.26 Å². The number of hydrogen-bond donors (Lipinski definition) is 0. The topological polar surface area (TPSA) is 64.3 Å². The molecule has 1 aliphatic carbocycles. The van der Waals surface area contributed by atoms with Crippen LogP contribution in [0.3, 0.4) is 0 Å². The number of piperidine rings is 1. The van der Waals surface area contributed by atoms with E-state index in [4.69, 9.17) is 9.26 Å². The van der Waals surface area contributed by atoms with Crippen LogP contribution in [-0.4, -0.2) is 41.4 Å². The fourth-order valence-electron chi connectivity index (χ4n) is 2.90. The predicted octanol–water partition coefficient (Wildman–Crippen LogP) is 2.62. The van der Waals surface area contributed by atoms with Crippen molar-refractivity contribution in [1.29, 1.82) is 0 Å². The Kier molecular flexibility index (Phi) is 3.54. The lowest BCUT2D eigenvalue weighted by molar-refractivity contribution is 0.0891. The Morgan fingerprint density at radius 3 is 2.91 bits per heavy atom. The van der Waals surface area contributed by atoms with Gasteiger partial charge in [0.1, 0.15) is 5.82 Å². The molecule has 2 aliphatic rings. The quantitative estimate of drug-likeness (QED) is 0.865. The van der Waals surface area contributed by atoms with Crippen LogP contribution in [0.2, 0.25) is 0 Å². The lowest BCUT2D eigenvalue weighted by Crippen LogP contribution is -2.39. The highest BCUT2D eigenvalue weighted by Crippen LogP contribution is 2.38. The summed E-state index contributed by atoms with van der Waals surface area (Å²) in [6, 6.07) is 4.03. The second-order valence-electron chi connectivity index (χ2n) is 6.08. The van der Waals surface area contributed by atoms with Crippen molar-refractivity contribution in [2.75, 3.05) is 25.1 Å². The van der Waals surface area contributed by atoms with E-state index >= 15 is 0 Å². The van der Waals surface area contributed by atoms with Crippen molar-refractivity contribution in [2.24, 2.45) is 0 Å². The first-order valence-electron chi connectivity index (χ1n) is 7.91. The van der Waals surface area contributed by atoms with Crippen molar-refractivity contribution in [3.63, 3.8) is 0 Å². The molecular weight excluding hydrogens is 280 g/mol. The Hall–Kier alpha value is -1.95. The molecule has 6 heteroatoms. The zero-order valence-corrected chi connectivity index (χ0v) is 12.7. The average Bonchev–Trinajstić information content (AvgIpc) is 3.32. The molecule has 0 aromatic carbocycles. The van der Waals surface area contributed by atoms with Crippen LogP contribution >= 0.6 is 0 Å². The third-order valence-electron chi connectivity index (χ3n) is 4.41. The zero-order valence-electron chi connectivity index (χ0n) is 12.7. The Labute approximate surface area is 129 Å². The van der Waals surface area contributed by atoms with Crippen molar-refractivity contribution in [3.05, 3.63) is 24.2 Å². The zero-order chi connectivity index (χ0) is 14.9. The summed E-state index contributed by atoms with van der Waals surface area (Å²) in [4.78, 5) is 11.3. The molecule has 4 rings (SSSR count). The van der Waals surface area contributed by atoms with Crippen LogP contribution in [0.25, 0.3) is 11.5 Å². The Morgan fingerprint density at radius 1 is 1.27 bits per heavy atom. The van der Waals surface area contributed by atoms with Gasteiger partial charge in [0.25, 0.3) is 5.89 Å². The number of methoxy groups -OCH3 is 1. The monoisotopic (exact) mass is 300 g/mol. The van der Waals surface area contributed by atoms with Crippen LogP contribution in [0.15, 0.2) is 22.9 Å². The molecule has 0 N–H and O–H groups in total. The first-order valence-corrected chi connectivity index (χ1v) is 7.91. The third-order valence-corrected chi connectivity index (χ3v) is 4.41. The molecule has 0 unspecified atom stereocenters. The maximum atomic E-state index is 5.46. The predicted molar refractivity (Wildman–Crippen MR) is 81.7 cm³/mol. The lowest BCUT2D eigenvalue weighted by Gasteiger charge is -2.32. The van der Waals surface area contributed by atoms with Gasteiger partial charge in [-0.25, -0.2) is 4.98 Å². The number of ether oxygens (including phenoxy) is 1.